The molecule has 0 unspecified atom stereocenters. The molecule has 1 saturated heterocycles. The van der Waals surface area contributed by atoms with Crippen LogP contribution in [0.15, 0.2) is 43.0 Å². The minimum Gasteiger partial charge on any atom is -0.394 e. The van der Waals surface area contributed by atoms with Crippen LogP contribution in [0.3, 0.4) is 0 Å². The third-order valence-corrected chi connectivity index (χ3v) is 4.20. The Kier molecular flexibility index (Phi) is 3.73. The Hall–Kier alpha value is -2.39. The largest absolute Gasteiger partial charge is 0.394 e. The zero-order valence-electron chi connectivity index (χ0n) is 12.6. The number of hydrogen-bond acceptors (Lipinski definition) is 7. The number of rotatable bonds is 3. The normalized spacial score (nSPS) is 27.0. The molecule has 1 fully saturated rings. The fourth-order valence-corrected chi connectivity index (χ4v) is 2.96. The summed E-state index contributed by atoms with van der Waals surface area (Å²) in [4.78, 5) is 12.9. The number of aromatic nitrogens is 4. The molecule has 4 rings (SSSR count). The Labute approximate surface area is 137 Å². The van der Waals surface area contributed by atoms with Crippen molar-refractivity contribution in [3.8, 4) is 11.3 Å². The van der Waals surface area contributed by atoms with Gasteiger partial charge in [-0.05, 0) is 0 Å². The fraction of sp³-hybridized carbons (Fsp3) is 0.312. The summed E-state index contributed by atoms with van der Waals surface area (Å²) in [5.74, 6) is 0. The van der Waals surface area contributed by atoms with E-state index in [0.29, 0.717) is 16.9 Å². The molecule has 3 heterocycles. The van der Waals surface area contributed by atoms with E-state index in [4.69, 9.17) is 4.74 Å². The van der Waals surface area contributed by atoms with E-state index in [1.807, 2.05) is 30.3 Å². The second-order valence-electron chi connectivity index (χ2n) is 5.64. The number of aliphatic hydroxyl groups is 3. The van der Waals surface area contributed by atoms with Crippen molar-refractivity contribution in [3.05, 3.63) is 43.0 Å². The lowest BCUT2D eigenvalue weighted by atomic mass is 10.1. The van der Waals surface area contributed by atoms with Crippen LogP contribution in [0.5, 0.6) is 0 Å². The van der Waals surface area contributed by atoms with Crippen LogP contribution < -0.4 is 0 Å². The van der Waals surface area contributed by atoms with Gasteiger partial charge in [0.2, 0.25) is 0 Å². The number of aliphatic hydroxyl groups excluding tert-OH is 3. The van der Waals surface area contributed by atoms with Gasteiger partial charge in [0.05, 0.1) is 12.9 Å². The van der Waals surface area contributed by atoms with E-state index < -0.39 is 24.5 Å². The van der Waals surface area contributed by atoms with Crippen molar-refractivity contribution >= 4 is 11.2 Å². The molecule has 24 heavy (non-hydrogen) atoms. The summed E-state index contributed by atoms with van der Waals surface area (Å²) in [6.07, 6.45) is -1.17. The molecule has 3 N–H and O–H groups in total. The molecule has 1 aliphatic rings. The topological polar surface area (TPSA) is 114 Å². The molecule has 1 aliphatic heterocycles. The van der Waals surface area contributed by atoms with Crippen molar-refractivity contribution in [3.63, 3.8) is 0 Å². The van der Waals surface area contributed by atoms with E-state index in [1.54, 1.807) is 4.57 Å². The molecule has 0 radical (unpaired) electrons. The quantitative estimate of drug-likeness (QED) is 0.625. The van der Waals surface area contributed by atoms with Crippen molar-refractivity contribution in [2.75, 3.05) is 6.61 Å². The van der Waals surface area contributed by atoms with Gasteiger partial charge >= 0.3 is 0 Å². The zero-order valence-corrected chi connectivity index (χ0v) is 12.6. The molecule has 4 atom stereocenters. The van der Waals surface area contributed by atoms with Crippen molar-refractivity contribution in [1.82, 2.24) is 19.5 Å². The van der Waals surface area contributed by atoms with Gasteiger partial charge in [-0.25, -0.2) is 15.0 Å². The Morgan fingerprint density at radius 1 is 1.04 bits per heavy atom. The smallest absolute Gasteiger partial charge is 0.166 e. The summed E-state index contributed by atoms with van der Waals surface area (Å²) >= 11 is 0. The predicted octanol–water partition coefficient (Wildman–Crippen LogP) is 0.105. The van der Waals surface area contributed by atoms with Gasteiger partial charge in [-0.15, -0.1) is 0 Å². The highest BCUT2D eigenvalue weighted by molar-refractivity contribution is 5.87. The van der Waals surface area contributed by atoms with E-state index in [1.165, 1.54) is 12.7 Å². The lowest BCUT2D eigenvalue weighted by Crippen LogP contribution is -2.33. The number of imidazole rings is 1. The molecular formula is C16H16N4O4. The van der Waals surface area contributed by atoms with Gasteiger partial charge in [-0.2, -0.15) is 0 Å². The maximum Gasteiger partial charge on any atom is 0.166 e. The van der Waals surface area contributed by atoms with Crippen molar-refractivity contribution in [2.45, 2.75) is 24.5 Å². The van der Waals surface area contributed by atoms with Gasteiger partial charge in [-0.3, -0.25) is 4.57 Å². The summed E-state index contributed by atoms with van der Waals surface area (Å²) in [5, 5.41) is 29.4. The standard InChI is InChI=1S/C16H16N4O4/c21-6-10-13(22)14(23)16(24-10)20-8-19-12-11(17-7-18-15(12)20)9-4-2-1-3-5-9/h1-5,7-8,10,13-14,16,21-23H,6H2/t10-,13-,14-,16-/m1/s1. The second-order valence-corrected chi connectivity index (χ2v) is 5.64. The van der Waals surface area contributed by atoms with E-state index in [0.717, 1.165) is 5.56 Å². The Morgan fingerprint density at radius 3 is 2.54 bits per heavy atom. The SMILES string of the molecule is OC[C@H]1O[C@@H](n2cnc3c(-c4ccccc4)ncnc32)[C@H](O)[C@@H]1O. The van der Waals surface area contributed by atoms with Gasteiger partial charge in [0.1, 0.15) is 35.8 Å². The summed E-state index contributed by atoms with van der Waals surface area (Å²) < 4.78 is 7.09. The first-order chi connectivity index (χ1) is 11.7. The van der Waals surface area contributed by atoms with Gasteiger partial charge in [0.15, 0.2) is 11.9 Å². The highest BCUT2D eigenvalue weighted by Crippen LogP contribution is 2.32. The average molecular weight is 328 g/mol. The van der Waals surface area contributed by atoms with Gasteiger partial charge in [0, 0.05) is 5.56 Å². The number of nitrogens with zero attached hydrogens (tertiary/aromatic N) is 4. The number of ether oxygens (including phenoxy) is 1. The minimum atomic E-state index is -1.19. The monoisotopic (exact) mass is 328 g/mol. The summed E-state index contributed by atoms with van der Waals surface area (Å²) in [7, 11) is 0. The lowest BCUT2D eigenvalue weighted by Gasteiger charge is -2.16. The van der Waals surface area contributed by atoms with E-state index in [-0.39, 0.29) is 6.61 Å². The van der Waals surface area contributed by atoms with Crippen LogP contribution in [0.1, 0.15) is 6.23 Å². The van der Waals surface area contributed by atoms with Crippen molar-refractivity contribution < 1.29 is 20.1 Å². The first kappa shape index (κ1) is 15.2. The van der Waals surface area contributed by atoms with Crippen LogP contribution >= 0.6 is 0 Å². The highest BCUT2D eigenvalue weighted by atomic mass is 16.6. The predicted molar refractivity (Wildman–Crippen MR) is 83.8 cm³/mol. The maximum atomic E-state index is 10.2. The third kappa shape index (κ3) is 2.28. The summed E-state index contributed by atoms with van der Waals surface area (Å²) in [6.45, 7) is -0.383. The Bertz CT molecular complexity index is 854. The van der Waals surface area contributed by atoms with Crippen LogP contribution in [-0.4, -0.2) is 59.8 Å². The first-order valence-electron chi connectivity index (χ1n) is 7.56. The van der Waals surface area contributed by atoms with Crippen LogP contribution in [0.2, 0.25) is 0 Å². The fourth-order valence-electron chi connectivity index (χ4n) is 2.96. The zero-order chi connectivity index (χ0) is 16.7. The first-order valence-corrected chi connectivity index (χ1v) is 7.56. The van der Waals surface area contributed by atoms with Crippen LogP contribution in [-0.2, 0) is 4.74 Å². The third-order valence-electron chi connectivity index (χ3n) is 4.20. The molecule has 0 bridgehead atoms. The molecule has 2 aromatic heterocycles. The van der Waals surface area contributed by atoms with Crippen molar-refractivity contribution in [1.29, 1.82) is 0 Å². The van der Waals surface area contributed by atoms with Crippen LogP contribution in [0.25, 0.3) is 22.4 Å². The molecule has 0 saturated carbocycles. The highest BCUT2D eigenvalue weighted by Gasteiger charge is 2.44. The second kappa shape index (κ2) is 5.91. The molecule has 8 heteroatoms. The van der Waals surface area contributed by atoms with Gasteiger partial charge < -0.3 is 20.1 Å². The molecule has 3 aromatic rings. The maximum absolute atomic E-state index is 10.2. The van der Waals surface area contributed by atoms with Crippen LogP contribution in [0, 0.1) is 0 Å². The molecule has 124 valence electrons. The van der Waals surface area contributed by atoms with Gasteiger partial charge in [-0.1, -0.05) is 30.3 Å². The molecule has 0 amide bonds. The lowest BCUT2D eigenvalue weighted by molar-refractivity contribution is -0.0511. The van der Waals surface area contributed by atoms with E-state index in [2.05, 4.69) is 15.0 Å². The van der Waals surface area contributed by atoms with Crippen LogP contribution in [0.4, 0.5) is 0 Å². The summed E-state index contributed by atoms with van der Waals surface area (Å²) in [5.41, 5.74) is 2.63. The molecule has 1 aromatic carbocycles. The molecule has 0 spiro atoms. The number of fused-ring (bicyclic) bond motifs is 1. The molecule has 8 nitrogen and oxygen atoms in total. The Morgan fingerprint density at radius 2 is 1.83 bits per heavy atom. The Balaban J connectivity index is 1.80. The minimum absolute atomic E-state index is 0.383. The van der Waals surface area contributed by atoms with E-state index >= 15 is 0 Å². The van der Waals surface area contributed by atoms with Gasteiger partial charge in [0.25, 0.3) is 0 Å². The number of benzene rings is 1. The average Bonchev–Trinajstić information content (AvgIpc) is 3.17. The van der Waals surface area contributed by atoms with Crippen molar-refractivity contribution in [2.24, 2.45) is 0 Å². The molecular weight excluding hydrogens is 312 g/mol. The van der Waals surface area contributed by atoms with E-state index in [9.17, 15) is 15.3 Å². The summed E-state index contributed by atoms with van der Waals surface area (Å²) in [6, 6.07) is 9.58. The molecule has 0 aliphatic carbocycles. The number of hydrogen-bond donors (Lipinski definition) is 3.